The van der Waals surface area contributed by atoms with Crippen molar-refractivity contribution in [2.75, 3.05) is 24.6 Å². The first-order valence-corrected chi connectivity index (χ1v) is 10.4. The van der Waals surface area contributed by atoms with Crippen molar-refractivity contribution in [3.63, 3.8) is 0 Å². The number of halogens is 2. The number of rotatable bonds is 6. The van der Waals surface area contributed by atoms with Crippen LogP contribution in [0.1, 0.15) is 38.2 Å². The Morgan fingerprint density at radius 2 is 1.73 bits per heavy atom. The van der Waals surface area contributed by atoms with Crippen molar-refractivity contribution in [2.45, 2.75) is 44.9 Å². The smallest absolute Gasteiger partial charge is 0.387 e. The minimum Gasteiger partial charge on any atom is -0.494 e. The van der Waals surface area contributed by atoms with E-state index < -0.39 is 12.3 Å². The van der Waals surface area contributed by atoms with Crippen LogP contribution in [0.5, 0.6) is 11.5 Å². The summed E-state index contributed by atoms with van der Waals surface area (Å²) in [7, 11) is 0. The fourth-order valence-electron chi connectivity index (χ4n) is 4.37. The van der Waals surface area contributed by atoms with E-state index in [0.717, 1.165) is 49.5 Å². The van der Waals surface area contributed by atoms with E-state index in [2.05, 4.69) is 9.31 Å². The fourth-order valence-corrected chi connectivity index (χ4v) is 4.37. The van der Waals surface area contributed by atoms with E-state index in [0.29, 0.717) is 18.7 Å². The lowest BCUT2D eigenvalue weighted by molar-refractivity contribution is -0.534. The minimum absolute atomic E-state index is 0.0742. The molecular formula is C23H27F2N2O3+. The SMILES string of the molecule is CCOc1ccc(N2C3=[N+](CCCCC3)C[C@]2(O)c2ccc(OC(F)F)cc2)cc1. The van der Waals surface area contributed by atoms with Crippen LogP contribution in [0.4, 0.5) is 14.5 Å². The quantitative estimate of drug-likeness (QED) is 0.711. The third-order valence-corrected chi connectivity index (χ3v) is 5.68. The molecule has 0 radical (unpaired) electrons. The van der Waals surface area contributed by atoms with Crippen LogP contribution in [-0.4, -0.2) is 41.8 Å². The molecule has 2 aromatic carbocycles. The van der Waals surface area contributed by atoms with Gasteiger partial charge in [-0.3, -0.25) is 4.58 Å². The number of alkyl halides is 2. The van der Waals surface area contributed by atoms with E-state index in [-0.39, 0.29) is 5.75 Å². The highest BCUT2D eigenvalue weighted by Crippen LogP contribution is 2.38. The van der Waals surface area contributed by atoms with Crippen LogP contribution in [0.3, 0.4) is 0 Å². The molecule has 30 heavy (non-hydrogen) atoms. The molecule has 5 nitrogen and oxygen atoms in total. The summed E-state index contributed by atoms with van der Waals surface area (Å²) in [6, 6.07) is 14.0. The number of amidine groups is 1. The van der Waals surface area contributed by atoms with Gasteiger partial charge in [-0.25, -0.2) is 0 Å². The topological polar surface area (TPSA) is 44.9 Å². The molecule has 0 saturated heterocycles. The largest absolute Gasteiger partial charge is 0.494 e. The molecule has 7 heteroatoms. The molecule has 1 N–H and O–H groups in total. The Hall–Kier alpha value is -2.67. The van der Waals surface area contributed by atoms with Gasteiger partial charge in [-0.1, -0.05) is 0 Å². The average molecular weight is 417 g/mol. The first-order chi connectivity index (χ1) is 14.5. The summed E-state index contributed by atoms with van der Waals surface area (Å²) in [5.74, 6) is 1.94. The van der Waals surface area contributed by atoms with Crippen LogP contribution in [0, 0.1) is 0 Å². The monoisotopic (exact) mass is 417 g/mol. The molecule has 4 rings (SSSR count). The second-order valence-electron chi connectivity index (χ2n) is 7.63. The zero-order chi connectivity index (χ0) is 21.1. The Balaban J connectivity index is 1.71. The number of hydrogen-bond acceptors (Lipinski definition) is 4. The van der Waals surface area contributed by atoms with Gasteiger partial charge in [0.05, 0.1) is 13.2 Å². The number of nitrogens with zero attached hydrogens (tertiary/aromatic N) is 2. The third-order valence-electron chi connectivity index (χ3n) is 5.68. The summed E-state index contributed by atoms with van der Waals surface area (Å²) in [4.78, 5) is 1.98. The Kier molecular flexibility index (Phi) is 5.90. The molecule has 0 aromatic heterocycles. The van der Waals surface area contributed by atoms with Crippen LogP contribution in [0.2, 0.25) is 0 Å². The Morgan fingerprint density at radius 1 is 1.03 bits per heavy atom. The predicted molar refractivity (Wildman–Crippen MR) is 111 cm³/mol. The second kappa shape index (κ2) is 8.60. The first-order valence-electron chi connectivity index (χ1n) is 10.4. The summed E-state index contributed by atoms with van der Waals surface area (Å²) in [6.07, 6.45) is 4.19. The highest BCUT2D eigenvalue weighted by Gasteiger charge is 2.54. The van der Waals surface area contributed by atoms with Gasteiger partial charge in [0.2, 0.25) is 0 Å². The van der Waals surface area contributed by atoms with E-state index in [1.54, 1.807) is 12.1 Å². The summed E-state index contributed by atoms with van der Waals surface area (Å²) in [6.45, 7) is 0.959. The molecule has 160 valence electrons. The number of hydrogen-bond donors (Lipinski definition) is 1. The zero-order valence-electron chi connectivity index (χ0n) is 17.1. The molecule has 0 saturated carbocycles. The van der Waals surface area contributed by atoms with Crippen molar-refractivity contribution in [1.82, 2.24) is 0 Å². The minimum atomic E-state index is -2.88. The van der Waals surface area contributed by atoms with Crippen molar-refractivity contribution in [3.05, 3.63) is 54.1 Å². The molecule has 2 aliphatic rings. The van der Waals surface area contributed by atoms with Crippen molar-refractivity contribution in [2.24, 2.45) is 0 Å². The van der Waals surface area contributed by atoms with Gasteiger partial charge >= 0.3 is 6.61 Å². The van der Waals surface area contributed by atoms with E-state index in [4.69, 9.17) is 4.74 Å². The van der Waals surface area contributed by atoms with Gasteiger partial charge < -0.3 is 14.6 Å². The number of anilines is 1. The van der Waals surface area contributed by atoms with Crippen molar-refractivity contribution >= 4 is 11.5 Å². The maximum Gasteiger partial charge on any atom is 0.387 e. The standard InChI is InChI=1S/C23H27F2N2O3/c1-2-29-19-13-9-18(10-14-19)27-21-6-4-3-5-15-26(21)16-23(27,28)17-7-11-20(12-8-17)30-22(24)25/h7-14,22,28H,2-6,15-16H2,1H3/q+1/t23-/m0/s1. The van der Waals surface area contributed by atoms with Gasteiger partial charge in [-0.05, 0) is 74.7 Å². The molecule has 2 aromatic rings. The summed E-state index contributed by atoms with van der Waals surface area (Å²) in [5.41, 5.74) is 0.204. The van der Waals surface area contributed by atoms with E-state index in [1.807, 2.05) is 36.1 Å². The van der Waals surface area contributed by atoms with E-state index >= 15 is 0 Å². The lowest BCUT2D eigenvalue weighted by atomic mass is 9.99. The number of benzene rings is 2. The summed E-state index contributed by atoms with van der Waals surface area (Å²) >= 11 is 0. The van der Waals surface area contributed by atoms with Crippen LogP contribution < -0.4 is 14.4 Å². The van der Waals surface area contributed by atoms with Crippen molar-refractivity contribution in [3.8, 4) is 11.5 Å². The van der Waals surface area contributed by atoms with Gasteiger partial charge in [-0.2, -0.15) is 13.7 Å². The van der Waals surface area contributed by atoms with Gasteiger partial charge in [0.15, 0.2) is 6.54 Å². The lowest BCUT2D eigenvalue weighted by Crippen LogP contribution is -2.47. The second-order valence-corrected chi connectivity index (χ2v) is 7.63. The van der Waals surface area contributed by atoms with Crippen LogP contribution in [-0.2, 0) is 5.72 Å². The summed E-state index contributed by atoms with van der Waals surface area (Å²) < 4.78 is 37.3. The van der Waals surface area contributed by atoms with Gasteiger partial charge in [0.1, 0.15) is 17.2 Å². The molecule has 0 aliphatic carbocycles. The summed E-state index contributed by atoms with van der Waals surface area (Å²) in [5, 5.41) is 11.9. The maximum atomic E-state index is 12.5. The normalized spacial score (nSPS) is 21.6. The molecule has 0 spiro atoms. The highest BCUT2D eigenvalue weighted by molar-refractivity contribution is 5.97. The lowest BCUT2D eigenvalue weighted by Gasteiger charge is -2.29. The first kappa shape index (κ1) is 20.6. The molecule has 2 aliphatic heterocycles. The van der Waals surface area contributed by atoms with Gasteiger partial charge in [0.25, 0.3) is 11.6 Å². The molecule has 0 amide bonds. The van der Waals surface area contributed by atoms with E-state index in [9.17, 15) is 13.9 Å². The van der Waals surface area contributed by atoms with Gasteiger partial charge in [-0.15, -0.1) is 0 Å². The maximum absolute atomic E-state index is 12.5. The average Bonchev–Trinajstić information content (AvgIpc) is 2.85. The fraction of sp³-hybridized carbons (Fsp3) is 0.435. The van der Waals surface area contributed by atoms with Crippen molar-refractivity contribution < 1.29 is 27.9 Å². The number of aliphatic hydroxyl groups is 1. The Bertz CT molecular complexity index is 900. The Labute approximate surface area is 175 Å². The molecule has 1 atom stereocenters. The zero-order valence-corrected chi connectivity index (χ0v) is 17.1. The van der Waals surface area contributed by atoms with Crippen LogP contribution in [0.25, 0.3) is 0 Å². The van der Waals surface area contributed by atoms with E-state index in [1.165, 1.54) is 12.1 Å². The number of ether oxygens (including phenoxy) is 2. The molecule has 0 fully saturated rings. The Morgan fingerprint density at radius 3 is 2.40 bits per heavy atom. The van der Waals surface area contributed by atoms with Crippen molar-refractivity contribution in [1.29, 1.82) is 0 Å². The predicted octanol–water partition coefficient (Wildman–Crippen LogP) is 4.34. The molecule has 0 bridgehead atoms. The van der Waals surface area contributed by atoms with Crippen LogP contribution >= 0.6 is 0 Å². The molecule has 0 unspecified atom stereocenters. The molecular weight excluding hydrogens is 390 g/mol. The van der Waals surface area contributed by atoms with Crippen LogP contribution in [0.15, 0.2) is 48.5 Å². The van der Waals surface area contributed by atoms with Gasteiger partial charge in [0, 0.05) is 12.0 Å². The highest BCUT2D eigenvalue weighted by atomic mass is 19.3. The third kappa shape index (κ3) is 3.99. The molecule has 2 heterocycles.